The third kappa shape index (κ3) is 2.86. The van der Waals surface area contributed by atoms with Crippen LogP contribution in [0.15, 0.2) is 24.3 Å². The van der Waals surface area contributed by atoms with Crippen molar-refractivity contribution in [3.05, 3.63) is 35.6 Å². The van der Waals surface area contributed by atoms with Crippen molar-refractivity contribution in [3.63, 3.8) is 0 Å². The minimum atomic E-state index is -1.42. The van der Waals surface area contributed by atoms with Crippen LogP contribution in [-0.2, 0) is 16.1 Å². The summed E-state index contributed by atoms with van der Waals surface area (Å²) in [7, 11) is 0. The standard InChI is InChI=1S/C13H16FNO3/c1-13(2)8-15(11(16)12(17)18-13)7-9-3-5-10(14)6-4-9/h3-6,12,17H,7-8H2,1-2H3. The van der Waals surface area contributed by atoms with Crippen molar-refractivity contribution in [2.24, 2.45) is 0 Å². The molecule has 1 fully saturated rings. The summed E-state index contributed by atoms with van der Waals surface area (Å²) < 4.78 is 18.0. The van der Waals surface area contributed by atoms with Gasteiger partial charge in [-0.15, -0.1) is 0 Å². The van der Waals surface area contributed by atoms with E-state index in [9.17, 15) is 14.3 Å². The molecule has 2 rings (SSSR count). The Hall–Kier alpha value is -1.46. The number of hydrogen-bond donors (Lipinski definition) is 1. The van der Waals surface area contributed by atoms with Crippen molar-refractivity contribution in [2.45, 2.75) is 32.3 Å². The molecular weight excluding hydrogens is 237 g/mol. The normalized spacial score (nSPS) is 23.2. The first kappa shape index (κ1) is 13.0. The molecule has 0 radical (unpaired) electrons. The van der Waals surface area contributed by atoms with E-state index in [0.29, 0.717) is 13.1 Å². The van der Waals surface area contributed by atoms with Gasteiger partial charge in [0.15, 0.2) is 0 Å². The fraction of sp³-hybridized carbons (Fsp3) is 0.462. The van der Waals surface area contributed by atoms with Crippen LogP contribution in [-0.4, -0.2) is 34.3 Å². The van der Waals surface area contributed by atoms with Crippen LogP contribution in [0.25, 0.3) is 0 Å². The first-order valence-corrected chi connectivity index (χ1v) is 5.76. The molecule has 0 aromatic heterocycles. The number of amides is 1. The number of rotatable bonds is 2. The molecule has 0 bridgehead atoms. The average molecular weight is 253 g/mol. The Labute approximate surface area is 105 Å². The Morgan fingerprint density at radius 2 is 2.06 bits per heavy atom. The lowest BCUT2D eigenvalue weighted by Crippen LogP contribution is -2.55. The minimum absolute atomic E-state index is 0.313. The number of hydrogen-bond acceptors (Lipinski definition) is 3. The van der Waals surface area contributed by atoms with E-state index in [-0.39, 0.29) is 5.82 Å². The molecule has 1 atom stereocenters. The summed E-state index contributed by atoms with van der Waals surface area (Å²) in [6, 6.07) is 5.94. The molecule has 0 aliphatic carbocycles. The second-order valence-corrected chi connectivity index (χ2v) is 5.05. The fourth-order valence-corrected chi connectivity index (χ4v) is 2.03. The molecular formula is C13H16FNO3. The van der Waals surface area contributed by atoms with Crippen molar-refractivity contribution >= 4 is 5.91 Å². The molecule has 1 aromatic carbocycles. The van der Waals surface area contributed by atoms with Gasteiger partial charge >= 0.3 is 0 Å². The van der Waals surface area contributed by atoms with Gasteiger partial charge in [0, 0.05) is 13.1 Å². The number of nitrogens with zero attached hydrogens (tertiary/aromatic N) is 1. The smallest absolute Gasteiger partial charge is 0.279 e. The molecule has 98 valence electrons. The summed E-state index contributed by atoms with van der Waals surface area (Å²) in [5.41, 5.74) is 0.225. The molecule has 1 aliphatic heterocycles. The third-order valence-electron chi connectivity index (χ3n) is 2.81. The van der Waals surface area contributed by atoms with Crippen LogP contribution in [0.4, 0.5) is 4.39 Å². The molecule has 1 aliphatic rings. The summed E-state index contributed by atoms with van der Waals surface area (Å²) in [5, 5.41) is 9.53. The Balaban J connectivity index is 2.12. The molecule has 1 saturated heterocycles. The topological polar surface area (TPSA) is 49.8 Å². The summed E-state index contributed by atoms with van der Waals surface area (Å²) >= 11 is 0. The van der Waals surface area contributed by atoms with E-state index < -0.39 is 17.8 Å². The Morgan fingerprint density at radius 3 is 2.67 bits per heavy atom. The van der Waals surface area contributed by atoms with Crippen LogP contribution in [0.1, 0.15) is 19.4 Å². The maximum atomic E-state index is 12.8. The minimum Gasteiger partial charge on any atom is -0.360 e. The van der Waals surface area contributed by atoms with E-state index in [2.05, 4.69) is 0 Å². The van der Waals surface area contributed by atoms with Gasteiger partial charge in [0.1, 0.15) is 5.82 Å². The second-order valence-electron chi connectivity index (χ2n) is 5.05. The number of benzene rings is 1. The molecule has 0 saturated carbocycles. The Bertz CT molecular complexity index is 444. The van der Waals surface area contributed by atoms with Gasteiger partial charge in [0.2, 0.25) is 6.29 Å². The molecule has 18 heavy (non-hydrogen) atoms. The van der Waals surface area contributed by atoms with Crippen LogP contribution in [0.3, 0.4) is 0 Å². The summed E-state index contributed by atoms with van der Waals surface area (Å²) in [6.07, 6.45) is -1.42. The number of carbonyl (C=O) groups excluding carboxylic acids is 1. The fourth-order valence-electron chi connectivity index (χ4n) is 2.03. The van der Waals surface area contributed by atoms with Crippen molar-refractivity contribution in [1.29, 1.82) is 0 Å². The molecule has 1 unspecified atom stereocenters. The van der Waals surface area contributed by atoms with Crippen LogP contribution in [0.5, 0.6) is 0 Å². The van der Waals surface area contributed by atoms with E-state index in [1.807, 2.05) is 0 Å². The van der Waals surface area contributed by atoms with Gasteiger partial charge in [-0.3, -0.25) is 4.79 Å². The lowest BCUT2D eigenvalue weighted by molar-refractivity contribution is -0.221. The number of aliphatic hydroxyl groups excluding tert-OH is 1. The van der Waals surface area contributed by atoms with Gasteiger partial charge in [0.25, 0.3) is 5.91 Å². The summed E-state index contributed by atoms with van der Waals surface area (Å²) in [4.78, 5) is 13.3. The van der Waals surface area contributed by atoms with E-state index in [0.717, 1.165) is 5.56 Å². The van der Waals surface area contributed by atoms with E-state index in [1.54, 1.807) is 26.0 Å². The molecule has 4 nitrogen and oxygen atoms in total. The van der Waals surface area contributed by atoms with Crippen LogP contribution < -0.4 is 0 Å². The molecule has 5 heteroatoms. The molecule has 1 aromatic rings. The van der Waals surface area contributed by atoms with Crippen LogP contribution in [0.2, 0.25) is 0 Å². The van der Waals surface area contributed by atoms with Crippen molar-refractivity contribution in [2.75, 3.05) is 6.54 Å². The van der Waals surface area contributed by atoms with E-state index in [4.69, 9.17) is 4.74 Å². The summed E-state index contributed by atoms with van der Waals surface area (Å²) in [6.45, 7) is 4.34. The maximum Gasteiger partial charge on any atom is 0.279 e. The number of halogens is 1. The van der Waals surface area contributed by atoms with Gasteiger partial charge < -0.3 is 14.7 Å². The third-order valence-corrected chi connectivity index (χ3v) is 2.81. The van der Waals surface area contributed by atoms with Gasteiger partial charge in [-0.05, 0) is 31.5 Å². The maximum absolute atomic E-state index is 12.8. The van der Waals surface area contributed by atoms with E-state index >= 15 is 0 Å². The Morgan fingerprint density at radius 1 is 1.44 bits per heavy atom. The SMILES string of the molecule is CC1(C)CN(Cc2ccc(F)cc2)C(=O)C(O)O1. The molecule has 0 spiro atoms. The highest BCUT2D eigenvalue weighted by molar-refractivity contribution is 5.80. The lowest BCUT2D eigenvalue weighted by atomic mass is 10.1. The lowest BCUT2D eigenvalue weighted by Gasteiger charge is -2.40. The monoisotopic (exact) mass is 253 g/mol. The quantitative estimate of drug-likeness (QED) is 0.863. The highest BCUT2D eigenvalue weighted by atomic mass is 19.1. The highest BCUT2D eigenvalue weighted by Crippen LogP contribution is 2.22. The highest BCUT2D eigenvalue weighted by Gasteiger charge is 2.38. The number of carbonyl (C=O) groups is 1. The van der Waals surface area contributed by atoms with Crippen molar-refractivity contribution in [1.82, 2.24) is 4.90 Å². The van der Waals surface area contributed by atoms with Crippen molar-refractivity contribution < 1.29 is 19.0 Å². The summed E-state index contributed by atoms with van der Waals surface area (Å²) in [5.74, 6) is -0.772. The van der Waals surface area contributed by atoms with Gasteiger partial charge in [-0.1, -0.05) is 12.1 Å². The zero-order chi connectivity index (χ0) is 13.3. The largest absolute Gasteiger partial charge is 0.360 e. The first-order valence-electron chi connectivity index (χ1n) is 5.76. The number of aliphatic hydroxyl groups is 1. The van der Waals surface area contributed by atoms with Gasteiger partial charge in [0.05, 0.1) is 5.60 Å². The Kier molecular flexibility index (Phi) is 3.36. The van der Waals surface area contributed by atoms with E-state index in [1.165, 1.54) is 17.0 Å². The first-order chi connectivity index (χ1) is 8.37. The molecule has 1 N–H and O–H groups in total. The van der Waals surface area contributed by atoms with Gasteiger partial charge in [-0.25, -0.2) is 4.39 Å². The average Bonchev–Trinajstić information content (AvgIpc) is 2.27. The zero-order valence-corrected chi connectivity index (χ0v) is 10.4. The van der Waals surface area contributed by atoms with Crippen LogP contribution in [0, 0.1) is 5.82 Å². The molecule has 1 amide bonds. The predicted molar refractivity (Wildman–Crippen MR) is 63.0 cm³/mol. The predicted octanol–water partition coefficient (Wildman–Crippen LogP) is 1.28. The van der Waals surface area contributed by atoms with Gasteiger partial charge in [-0.2, -0.15) is 0 Å². The zero-order valence-electron chi connectivity index (χ0n) is 10.4. The number of ether oxygens (including phenoxy) is 1. The molecule has 1 heterocycles. The van der Waals surface area contributed by atoms with Crippen LogP contribution >= 0.6 is 0 Å². The second kappa shape index (κ2) is 4.66. The number of morpholine rings is 1. The van der Waals surface area contributed by atoms with Crippen molar-refractivity contribution in [3.8, 4) is 0 Å².